The van der Waals surface area contributed by atoms with Crippen molar-refractivity contribution in [2.45, 2.75) is 45.2 Å². The summed E-state index contributed by atoms with van der Waals surface area (Å²) in [5.41, 5.74) is 0. The molecule has 0 aliphatic carbocycles. The van der Waals surface area contributed by atoms with Crippen LogP contribution in [0.5, 0.6) is 0 Å². The minimum atomic E-state index is 0.0231. The number of carbonyl (C=O) groups is 1. The van der Waals surface area contributed by atoms with E-state index in [-0.39, 0.29) is 11.9 Å². The van der Waals surface area contributed by atoms with Crippen LogP contribution in [0.1, 0.15) is 37.3 Å². The molecule has 2 aliphatic heterocycles. The Kier molecular flexibility index (Phi) is 5.10. The largest absolute Gasteiger partial charge is 0.445 e. The summed E-state index contributed by atoms with van der Waals surface area (Å²) >= 11 is 0. The zero-order valence-electron chi connectivity index (χ0n) is 13.3. The van der Waals surface area contributed by atoms with Crippen molar-refractivity contribution in [3.8, 4) is 0 Å². The lowest BCUT2D eigenvalue weighted by molar-refractivity contribution is -0.123. The van der Waals surface area contributed by atoms with E-state index in [1.165, 1.54) is 12.8 Å². The van der Waals surface area contributed by atoms with Crippen LogP contribution in [0.25, 0.3) is 0 Å². The molecule has 1 aromatic rings. The number of rotatable bonds is 5. The minimum absolute atomic E-state index is 0.0231. The lowest BCUT2D eigenvalue weighted by Crippen LogP contribution is -2.45. The Labute approximate surface area is 131 Å². The quantitative estimate of drug-likeness (QED) is 0.851. The first-order chi connectivity index (χ1) is 10.7. The molecular weight excluding hydrogens is 280 g/mol. The molecule has 6 heteroatoms. The molecule has 2 fully saturated rings. The van der Waals surface area contributed by atoms with Gasteiger partial charge in [0.25, 0.3) is 0 Å². The summed E-state index contributed by atoms with van der Waals surface area (Å²) in [6.45, 7) is 6.50. The van der Waals surface area contributed by atoms with Crippen molar-refractivity contribution in [2.24, 2.45) is 5.92 Å². The molecule has 0 spiro atoms. The molecule has 2 saturated heterocycles. The number of aromatic nitrogens is 1. The second-order valence-electron chi connectivity index (χ2n) is 6.50. The molecule has 0 saturated carbocycles. The molecule has 2 atom stereocenters. The Morgan fingerprint density at radius 3 is 3.14 bits per heavy atom. The fourth-order valence-corrected chi connectivity index (χ4v) is 3.40. The summed E-state index contributed by atoms with van der Waals surface area (Å²) in [6, 6.07) is 0.0231. The van der Waals surface area contributed by atoms with E-state index in [1.54, 1.807) is 6.20 Å². The highest BCUT2D eigenvalue weighted by Crippen LogP contribution is 2.18. The summed E-state index contributed by atoms with van der Waals surface area (Å²) in [4.78, 5) is 18.7. The van der Waals surface area contributed by atoms with Gasteiger partial charge in [0.2, 0.25) is 11.8 Å². The monoisotopic (exact) mass is 306 g/mol. The van der Waals surface area contributed by atoms with Gasteiger partial charge in [-0.2, -0.15) is 0 Å². The fourth-order valence-electron chi connectivity index (χ4n) is 3.40. The summed E-state index contributed by atoms with van der Waals surface area (Å²) < 4.78 is 5.56. The molecule has 2 aliphatic rings. The van der Waals surface area contributed by atoms with E-state index >= 15 is 0 Å². The maximum Gasteiger partial charge on any atom is 0.237 e. The van der Waals surface area contributed by atoms with Gasteiger partial charge in [0.05, 0.1) is 18.8 Å². The summed E-state index contributed by atoms with van der Waals surface area (Å²) in [6.07, 6.45) is 6.18. The molecule has 3 rings (SSSR count). The first-order valence-corrected chi connectivity index (χ1v) is 8.35. The van der Waals surface area contributed by atoms with E-state index < -0.39 is 0 Å². The molecule has 1 amide bonds. The van der Waals surface area contributed by atoms with Crippen molar-refractivity contribution in [3.63, 3.8) is 0 Å². The predicted octanol–water partition coefficient (Wildman–Crippen LogP) is 1.06. The Bertz CT molecular complexity index is 496. The Morgan fingerprint density at radius 2 is 2.41 bits per heavy atom. The standard InChI is InChI=1S/C16H26N4O2/c1-12-8-18-15(22-12)11-20-7-3-4-13(10-20)9-19-16(21)14-5-2-6-17-14/h8,13-14,17H,2-7,9-11H2,1H3,(H,19,21). The Hall–Kier alpha value is -1.40. The molecule has 3 heterocycles. The van der Waals surface area contributed by atoms with E-state index in [0.29, 0.717) is 5.92 Å². The average molecular weight is 306 g/mol. The molecule has 2 N–H and O–H groups in total. The van der Waals surface area contributed by atoms with Crippen LogP contribution in [0.15, 0.2) is 10.6 Å². The summed E-state index contributed by atoms with van der Waals surface area (Å²) in [7, 11) is 0. The number of hydrogen-bond donors (Lipinski definition) is 2. The van der Waals surface area contributed by atoms with Gasteiger partial charge in [0.15, 0.2) is 0 Å². The third-order valence-corrected chi connectivity index (χ3v) is 4.57. The van der Waals surface area contributed by atoms with Crippen LogP contribution in [0.3, 0.4) is 0 Å². The van der Waals surface area contributed by atoms with Crippen LogP contribution < -0.4 is 10.6 Å². The predicted molar refractivity (Wildman–Crippen MR) is 83.3 cm³/mol. The van der Waals surface area contributed by atoms with Crippen LogP contribution in [0.4, 0.5) is 0 Å². The number of likely N-dealkylation sites (tertiary alicyclic amines) is 1. The highest BCUT2D eigenvalue weighted by Gasteiger charge is 2.25. The van der Waals surface area contributed by atoms with Crippen LogP contribution in [-0.2, 0) is 11.3 Å². The highest BCUT2D eigenvalue weighted by molar-refractivity contribution is 5.81. The van der Waals surface area contributed by atoms with Gasteiger partial charge < -0.3 is 15.1 Å². The maximum atomic E-state index is 12.1. The zero-order valence-corrected chi connectivity index (χ0v) is 13.3. The van der Waals surface area contributed by atoms with Gasteiger partial charge in [-0.05, 0) is 51.6 Å². The van der Waals surface area contributed by atoms with Crippen molar-refractivity contribution in [3.05, 3.63) is 17.8 Å². The number of nitrogens with zero attached hydrogens (tertiary/aromatic N) is 2. The smallest absolute Gasteiger partial charge is 0.237 e. The molecule has 22 heavy (non-hydrogen) atoms. The van der Waals surface area contributed by atoms with Crippen molar-refractivity contribution in [1.82, 2.24) is 20.5 Å². The van der Waals surface area contributed by atoms with E-state index in [4.69, 9.17) is 4.42 Å². The number of hydrogen-bond acceptors (Lipinski definition) is 5. The van der Waals surface area contributed by atoms with Gasteiger partial charge in [-0.1, -0.05) is 0 Å². The van der Waals surface area contributed by atoms with Gasteiger partial charge >= 0.3 is 0 Å². The SMILES string of the molecule is Cc1cnc(CN2CCCC(CNC(=O)C3CCCN3)C2)o1. The van der Waals surface area contributed by atoms with E-state index in [9.17, 15) is 4.79 Å². The van der Waals surface area contributed by atoms with Crippen LogP contribution in [-0.4, -0.2) is 48.0 Å². The number of carbonyl (C=O) groups excluding carboxylic acids is 1. The Morgan fingerprint density at radius 1 is 1.50 bits per heavy atom. The molecule has 0 bridgehead atoms. The average Bonchev–Trinajstić information content (AvgIpc) is 3.17. The van der Waals surface area contributed by atoms with E-state index in [1.807, 2.05) is 6.92 Å². The molecule has 6 nitrogen and oxygen atoms in total. The van der Waals surface area contributed by atoms with Crippen molar-refractivity contribution in [1.29, 1.82) is 0 Å². The summed E-state index contributed by atoms with van der Waals surface area (Å²) in [5.74, 6) is 2.34. The van der Waals surface area contributed by atoms with Gasteiger partial charge in [-0.3, -0.25) is 9.69 Å². The van der Waals surface area contributed by atoms with Crippen LogP contribution in [0, 0.1) is 12.8 Å². The van der Waals surface area contributed by atoms with E-state index in [0.717, 1.165) is 57.2 Å². The van der Waals surface area contributed by atoms with Gasteiger partial charge in [0, 0.05) is 13.1 Å². The Balaban J connectivity index is 1.43. The molecule has 0 aromatic carbocycles. The van der Waals surface area contributed by atoms with E-state index in [2.05, 4.69) is 20.5 Å². The highest BCUT2D eigenvalue weighted by atomic mass is 16.4. The van der Waals surface area contributed by atoms with Crippen molar-refractivity contribution in [2.75, 3.05) is 26.2 Å². The van der Waals surface area contributed by atoms with Gasteiger partial charge in [-0.15, -0.1) is 0 Å². The van der Waals surface area contributed by atoms with Gasteiger partial charge in [0.1, 0.15) is 5.76 Å². The lowest BCUT2D eigenvalue weighted by Gasteiger charge is -2.32. The first-order valence-electron chi connectivity index (χ1n) is 8.35. The normalized spacial score (nSPS) is 26.2. The third kappa shape index (κ3) is 4.08. The molecule has 0 radical (unpaired) electrons. The van der Waals surface area contributed by atoms with Crippen molar-refractivity contribution < 1.29 is 9.21 Å². The first kappa shape index (κ1) is 15.5. The maximum absolute atomic E-state index is 12.1. The minimum Gasteiger partial charge on any atom is -0.445 e. The van der Waals surface area contributed by atoms with Gasteiger partial charge in [-0.25, -0.2) is 4.98 Å². The number of nitrogens with one attached hydrogen (secondary N) is 2. The molecule has 2 unspecified atom stereocenters. The summed E-state index contributed by atoms with van der Waals surface area (Å²) in [5, 5.41) is 6.36. The number of oxazole rings is 1. The molecule has 1 aromatic heterocycles. The number of aryl methyl sites for hydroxylation is 1. The second-order valence-corrected chi connectivity index (χ2v) is 6.50. The van der Waals surface area contributed by atoms with Crippen molar-refractivity contribution >= 4 is 5.91 Å². The topological polar surface area (TPSA) is 70.4 Å². The zero-order chi connectivity index (χ0) is 15.4. The number of amides is 1. The third-order valence-electron chi connectivity index (χ3n) is 4.57. The molecular formula is C16H26N4O2. The second kappa shape index (κ2) is 7.24. The number of piperidine rings is 1. The van der Waals surface area contributed by atoms with Crippen LogP contribution in [0.2, 0.25) is 0 Å². The fraction of sp³-hybridized carbons (Fsp3) is 0.750. The molecule has 122 valence electrons. The van der Waals surface area contributed by atoms with Crippen LogP contribution >= 0.6 is 0 Å². The lowest BCUT2D eigenvalue weighted by atomic mass is 9.98.